The van der Waals surface area contributed by atoms with Gasteiger partial charge in [0, 0.05) is 25.2 Å². The summed E-state index contributed by atoms with van der Waals surface area (Å²) in [6.45, 7) is 4.67. The van der Waals surface area contributed by atoms with E-state index in [-0.39, 0.29) is 23.3 Å². The summed E-state index contributed by atoms with van der Waals surface area (Å²) < 4.78 is 4.98. The fraction of sp³-hybridized carbons (Fsp3) is 0.462. The first-order valence-corrected chi connectivity index (χ1v) is 5.89. The predicted molar refractivity (Wildman–Crippen MR) is 69.9 cm³/mol. The number of rotatable bonds is 5. The number of phenols is 1. The van der Waals surface area contributed by atoms with Gasteiger partial charge >= 0.3 is 0 Å². The minimum atomic E-state index is -0.226. The molecule has 0 fully saturated rings. The van der Waals surface area contributed by atoms with Gasteiger partial charge in [-0.25, -0.2) is 0 Å². The molecule has 1 aromatic carbocycles. The molecular formula is C13H20N2O3. The highest BCUT2D eigenvalue weighted by Gasteiger charge is 2.20. The average molecular weight is 252 g/mol. The van der Waals surface area contributed by atoms with Gasteiger partial charge in [0.05, 0.1) is 12.7 Å². The zero-order valence-electron chi connectivity index (χ0n) is 11.0. The first kappa shape index (κ1) is 14.3. The molecule has 0 bridgehead atoms. The molecule has 0 atom stereocenters. The Balaban J connectivity index is 3.01. The molecule has 0 radical (unpaired) electrons. The number of methoxy groups -OCH3 is 1. The lowest BCUT2D eigenvalue weighted by Crippen LogP contribution is -2.40. The van der Waals surface area contributed by atoms with Crippen molar-refractivity contribution >= 4 is 5.91 Å². The smallest absolute Gasteiger partial charge is 0.257 e. The summed E-state index contributed by atoms with van der Waals surface area (Å²) in [4.78, 5) is 13.9. The molecule has 1 aromatic rings. The van der Waals surface area contributed by atoms with E-state index in [0.717, 1.165) is 0 Å². The number of hydrogen-bond acceptors (Lipinski definition) is 4. The lowest BCUT2D eigenvalue weighted by atomic mass is 10.1. The maximum absolute atomic E-state index is 12.3. The van der Waals surface area contributed by atoms with Crippen LogP contribution in [0.15, 0.2) is 18.2 Å². The average Bonchev–Trinajstić information content (AvgIpc) is 2.34. The largest absolute Gasteiger partial charge is 0.507 e. The van der Waals surface area contributed by atoms with Gasteiger partial charge in [-0.2, -0.15) is 0 Å². The van der Waals surface area contributed by atoms with E-state index in [1.165, 1.54) is 13.2 Å². The van der Waals surface area contributed by atoms with E-state index in [2.05, 4.69) is 0 Å². The Morgan fingerprint density at radius 1 is 1.50 bits per heavy atom. The monoisotopic (exact) mass is 252 g/mol. The number of aromatic hydroxyl groups is 1. The van der Waals surface area contributed by atoms with Crippen LogP contribution in [0.5, 0.6) is 11.5 Å². The standard InChI is InChI=1S/C13H20N2O3/c1-9(2)15(7-6-14)13(17)11-5-4-10(18-3)8-12(11)16/h4-5,8-9,16H,6-7,14H2,1-3H3. The highest BCUT2D eigenvalue weighted by Crippen LogP contribution is 2.25. The molecule has 0 saturated carbocycles. The molecule has 0 spiro atoms. The van der Waals surface area contributed by atoms with Gasteiger partial charge in [0.25, 0.3) is 5.91 Å². The van der Waals surface area contributed by atoms with Crippen molar-refractivity contribution in [1.29, 1.82) is 0 Å². The second-order valence-corrected chi connectivity index (χ2v) is 4.26. The molecule has 18 heavy (non-hydrogen) atoms. The van der Waals surface area contributed by atoms with E-state index in [0.29, 0.717) is 18.8 Å². The molecule has 100 valence electrons. The summed E-state index contributed by atoms with van der Waals surface area (Å²) in [6, 6.07) is 4.66. The van der Waals surface area contributed by atoms with Gasteiger partial charge in [0.2, 0.25) is 0 Å². The molecule has 0 aliphatic heterocycles. The summed E-state index contributed by atoms with van der Waals surface area (Å²) >= 11 is 0. The third kappa shape index (κ3) is 3.13. The van der Waals surface area contributed by atoms with Crippen LogP contribution >= 0.6 is 0 Å². The van der Waals surface area contributed by atoms with Gasteiger partial charge in [-0.15, -0.1) is 0 Å². The summed E-state index contributed by atoms with van der Waals surface area (Å²) in [6.07, 6.45) is 0. The molecule has 3 N–H and O–H groups in total. The van der Waals surface area contributed by atoms with Crippen LogP contribution in [0.1, 0.15) is 24.2 Å². The van der Waals surface area contributed by atoms with Crippen molar-refractivity contribution in [3.05, 3.63) is 23.8 Å². The normalized spacial score (nSPS) is 10.5. The van der Waals surface area contributed by atoms with Crippen LogP contribution in [0.4, 0.5) is 0 Å². The number of hydrogen-bond donors (Lipinski definition) is 2. The second-order valence-electron chi connectivity index (χ2n) is 4.26. The Morgan fingerprint density at radius 3 is 2.61 bits per heavy atom. The van der Waals surface area contributed by atoms with Gasteiger partial charge in [-0.1, -0.05) is 0 Å². The molecule has 1 amide bonds. The molecule has 0 aliphatic rings. The fourth-order valence-corrected chi connectivity index (χ4v) is 1.71. The highest BCUT2D eigenvalue weighted by atomic mass is 16.5. The van der Waals surface area contributed by atoms with Crippen LogP contribution in [0.3, 0.4) is 0 Å². The zero-order valence-corrected chi connectivity index (χ0v) is 11.0. The van der Waals surface area contributed by atoms with E-state index in [4.69, 9.17) is 10.5 Å². The van der Waals surface area contributed by atoms with Crippen molar-refractivity contribution in [1.82, 2.24) is 4.90 Å². The number of ether oxygens (including phenoxy) is 1. The van der Waals surface area contributed by atoms with E-state index >= 15 is 0 Å². The first-order chi connectivity index (χ1) is 8.51. The van der Waals surface area contributed by atoms with Crippen molar-refractivity contribution in [2.24, 2.45) is 5.73 Å². The minimum absolute atomic E-state index is 0.0301. The molecule has 0 heterocycles. The quantitative estimate of drug-likeness (QED) is 0.826. The number of carbonyl (C=O) groups is 1. The molecule has 0 aliphatic carbocycles. The first-order valence-electron chi connectivity index (χ1n) is 5.89. The van der Waals surface area contributed by atoms with E-state index in [1.807, 2.05) is 13.8 Å². The summed E-state index contributed by atoms with van der Waals surface area (Å²) in [5, 5.41) is 9.83. The number of carbonyl (C=O) groups excluding carboxylic acids is 1. The number of phenolic OH excluding ortho intramolecular Hbond substituents is 1. The zero-order chi connectivity index (χ0) is 13.7. The third-order valence-electron chi connectivity index (χ3n) is 2.69. The van der Waals surface area contributed by atoms with Crippen molar-refractivity contribution < 1.29 is 14.6 Å². The topological polar surface area (TPSA) is 75.8 Å². The molecule has 5 nitrogen and oxygen atoms in total. The van der Waals surface area contributed by atoms with Crippen LogP contribution in [0.25, 0.3) is 0 Å². The van der Waals surface area contributed by atoms with E-state index < -0.39 is 0 Å². The maximum Gasteiger partial charge on any atom is 0.257 e. The van der Waals surface area contributed by atoms with Crippen LogP contribution in [-0.4, -0.2) is 42.2 Å². The molecule has 1 rings (SSSR count). The molecule has 0 unspecified atom stereocenters. The molecule has 5 heteroatoms. The molecular weight excluding hydrogens is 232 g/mol. The Labute approximate surface area is 107 Å². The number of amides is 1. The Bertz CT molecular complexity index is 419. The van der Waals surface area contributed by atoms with E-state index in [9.17, 15) is 9.90 Å². The SMILES string of the molecule is COc1ccc(C(=O)N(CCN)C(C)C)c(O)c1. The third-order valence-corrected chi connectivity index (χ3v) is 2.69. The van der Waals surface area contributed by atoms with Gasteiger partial charge in [-0.3, -0.25) is 4.79 Å². The van der Waals surface area contributed by atoms with Crippen molar-refractivity contribution in [2.45, 2.75) is 19.9 Å². The lowest BCUT2D eigenvalue weighted by molar-refractivity contribution is 0.0709. The summed E-state index contributed by atoms with van der Waals surface area (Å²) in [7, 11) is 1.51. The second kappa shape index (κ2) is 6.26. The highest BCUT2D eigenvalue weighted by molar-refractivity contribution is 5.97. The molecule has 0 saturated heterocycles. The Morgan fingerprint density at radius 2 is 2.17 bits per heavy atom. The maximum atomic E-state index is 12.3. The van der Waals surface area contributed by atoms with E-state index in [1.54, 1.807) is 17.0 Å². The summed E-state index contributed by atoms with van der Waals surface area (Å²) in [5.41, 5.74) is 5.75. The van der Waals surface area contributed by atoms with Crippen LogP contribution in [-0.2, 0) is 0 Å². The van der Waals surface area contributed by atoms with Gasteiger partial charge in [-0.05, 0) is 26.0 Å². The predicted octanol–water partition coefficient (Wildman–Crippen LogP) is 1.21. The van der Waals surface area contributed by atoms with Gasteiger partial charge in [0.1, 0.15) is 11.5 Å². The lowest BCUT2D eigenvalue weighted by Gasteiger charge is -2.26. The van der Waals surface area contributed by atoms with Gasteiger partial charge < -0.3 is 20.5 Å². The number of benzene rings is 1. The Kier molecular flexibility index (Phi) is 4.97. The van der Waals surface area contributed by atoms with Crippen LogP contribution < -0.4 is 10.5 Å². The minimum Gasteiger partial charge on any atom is -0.507 e. The van der Waals surface area contributed by atoms with Crippen molar-refractivity contribution in [3.63, 3.8) is 0 Å². The summed E-state index contributed by atoms with van der Waals surface area (Å²) in [5.74, 6) is 0.205. The Hall–Kier alpha value is -1.75. The fourth-order valence-electron chi connectivity index (χ4n) is 1.71. The number of nitrogens with two attached hydrogens (primary N) is 1. The van der Waals surface area contributed by atoms with Crippen LogP contribution in [0, 0.1) is 0 Å². The van der Waals surface area contributed by atoms with Crippen molar-refractivity contribution in [3.8, 4) is 11.5 Å². The van der Waals surface area contributed by atoms with Gasteiger partial charge in [0.15, 0.2) is 0 Å². The molecule has 0 aromatic heterocycles. The van der Waals surface area contributed by atoms with Crippen molar-refractivity contribution in [2.75, 3.05) is 20.2 Å². The number of nitrogens with zero attached hydrogens (tertiary/aromatic N) is 1. The van der Waals surface area contributed by atoms with Crippen LogP contribution in [0.2, 0.25) is 0 Å².